The van der Waals surface area contributed by atoms with Crippen molar-refractivity contribution in [1.82, 2.24) is 0 Å². The predicted molar refractivity (Wildman–Crippen MR) is 59.1 cm³/mol. The Kier molecular flexibility index (Phi) is 3.36. The van der Waals surface area contributed by atoms with Gasteiger partial charge in [-0.2, -0.15) is 0 Å². The maximum atomic E-state index is 5.61. The Bertz CT molecular complexity index is 283. The molecule has 0 radical (unpaired) electrons. The van der Waals surface area contributed by atoms with Gasteiger partial charge < -0.3 is 4.74 Å². The molecule has 1 aromatic rings. The van der Waals surface area contributed by atoms with Gasteiger partial charge in [-0.1, -0.05) is 42.5 Å². The lowest BCUT2D eigenvalue weighted by molar-refractivity contribution is 0.0471. The van der Waals surface area contributed by atoms with Gasteiger partial charge in [-0.25, -0.2) is 0 Å². The number of benzene rings is 1. The first-order chi connectivity index (χ1) is 6.95. The fourth-order valence-electron chi connectivity index (χ4n) is 1.70. The summed E-state index contributed by atoms with van der Waals surface area (Å²) in [4.78, 5) is 0. The smallest absolute Gasteiger partial charge is 0.0759 e. The maximum Gasteiger partial charge on any atom is 0.0759 e. The van der Waals surface area contributed by atoms with Gasteiger partial charge >= 0.3 is 0 Å². The van der Waals surface area contributed by atoms with Crippen LogP contribution in [0.15, 0.2) is 36.4 Å². The standard InChI is InChI=1S/C13H16O/c1-2-6-12(7-3-1)9-10-13-8-4-5-11-14-13/h1-3,6-7,9-10,13H,4-5,8,11H2/b10-9-/t13-/m1/s1. The lowest BCUT2D eigenvalue weighted by atomic mass is 10.1. The Hall–Kier alpha value is -1.08. The van der Waals surface area contributed by atoms with Crippen LogP contribution in [0.2, 0.25) is 0 Å². The van der Waals surface area contributed by atoms with Crippen molar-refractivity contribution in [2.24, 2.45) is 0 Å². The van der Waals surface area contributed by atoms with Crippen LogP contribution >= 0.6 is 0 Å². The second kappa shape index (κ2) is 4.97. The molecule has 1 atom stereocenters. The van der Waals surface area contributed by atoms with Crippen molar-refractivity contribution in [3.8, 4) is 0 Å². The van der Waals surface area contributed by atoms with Gasteiger partial charge in [-0.05, 0) is 24.8 Å². The van der Waals surface area contributed by atoms with E-state index in [4.69, 9.17) is 4.74 Å². The minimum atomic E-state index is 0.337. The van der Waals surface area contributed by atoms with E-state index >= 15 is 0 Å². The molecule has 0 N–H and O–H groups in total. The SMILES string of the molecule is C(=C/[C@H]1CCCCO1)/c1ccccc1. The molecule has 2 rings (SSSR count). The number of hydrogen-bond acceptors (Lipinski definition) is 1. The molecule has 1 saturated heterocycles. The molecule has 0 unspecified atom stereocenters. The Balaban J connectivity index is 1.93. The van der Waals surface area contributed by atoms with E-state index in [1.165, 1.54) is 24.8 Å². The van der Waals surface area contributed by atoms with Crippen LogP contribution in [-0.2, 0) is 4.74 Å². The van der Waals surface area contributed by atoms with Crippen molar-refractivity contribution >= 4 is 6.08 Å². The topological polar surface area (TPSA) is 9.23 Å². The molecule has 0 spiro atoms. The molecule has 0 amide bonds. The van der Waals surface area contributed by atoms with Crippen molar-refractivity contribution in [1.29, 1.82) is 0 Å². The van der Waals surface area contributed by atoms with Crippen LogP contribution in [0.5, 0.6) is 0 Å². The highest BCUT2D eigenvalue weighted by Gasteiger charge is 2.09. The van der Waals surface area contributed by atoms with Gasteiger partial charge in [-0.15, -0.1) is 0 Å². The van der Waals surface area contributed by atoms with Crippen molar-refractivity contribution in [3.05, 3.63) is 42.0 Å². The third kappa shape index (κ3) is 2.71. The summed E-state index contributed by atoms with van der Waals surface area (Å²) >= 11 is 0. The zero-order chi connectivity index (χ0) is 9.64. The normalized spacial score (nSPS) is 22.7. The van der Waals surface area contributed by atoms with Crippen LogP contribution in [0, 0.1) is 0 Å². The van der Waals surface area contributed by atoms with Crippen LogP contribution in [0.3, 0.4) is 0 Å². The lowest BCUT2D eigenvalue weighted by Gasteiger charge is -2.19. The summed E-state index contributed by atoms with van der Waals surface area (Å²) in [5.41, 5.74) is 1.25. The van der Waals surface area contributed by atoms with Gasteiger partial charge in [0.05, 0.1) is 6.10 Å². The second-order valence-corrected chi connectivity index (χ2v) is 3.67. The van der Waals surface area contributed by atoms with Gasteiger partial charge in [0.15, 0.2) is 0 Å². The van der Waals surface area contributed by atoms with Crippen LogP contribution in [-0.4, -0.2) is 12.7 Å². The molecule has 1 aromatic carbocycles. The number of rotatable bonds is 2. The largest absolute Gasteiger partial charge is 0.374 e. The third-order valence-corrected chi connectivity index (χ3v) is 2.52. The average molecular weight is 188 g/mol. The summed E-state index contributed by atoms with van der Waals surface area (Å²) in [5.74, 6) is 0. The minimum Gasteiger partial charge on any atom is -0.374 e. The first-order valence-electron chi connectivity index (χ1n) is 5.30. The minimum absolute atomic E-state index is 0.337. The molecular formula is C13H16O. The van der Waals surface area contributed by atoms with Gasteiger partial charge in [0.2, 0.25) is 0 Å². The van der Waals surface area contributed by atoms with Crippen molar-refractivity contribution in [2.75, 3.05) is 6.61 Å². The van der Waals surface area contributed by atoms with E-state index in [1.807, 2.05) is 6.07 Å². The van der Waals surface area contributed by atoms with Gasteiger partial charge in [0, 0.05) is 6.61 Å². The molecule has 1 heterocycles. The van der Waals surface area contributed by atoms with E-state index < -0.39 is 0 Å². The molecule has 1 heteroatoms. The summed E-state index contributed by atoms with van der Waals surface area (Å²) in [5, 5.41) is 0. The van der Waals surface area contributed by atoms with Gasteiger partial charge in [0.25, 0.3) is 0 Å². The van der Waals surface area contributed by atoms with Crippen LogP contribution < -0.4 is 0 Å². The van der Waals surface area contributed by atoms with E-state index in [2.05, 4.69) is 36.4 Å². The van der Waals surface area contributed by atoms with E-state index in [0.717, 1.165) is 6.61 Å². The molecular weight excluding hydrogens is 172 g/mol. The summed E-state index contributed by atoms with van der Waals surface area (Å²) in [6.07, 6.45) is 8.34. The van der Waals surface area contributed by atoms with Gasteiger partial charge in [-0.3, -0.25) is 0 Å². The van der Waals surface area contributed by atoms with E-state index in [0.29, 0.717) is 6.10 Å². The van der Waals surface area contributed by atoms with E-state index in [1.54, 1.807) is 0 Å². The Morgan fingerprint density at radius 2 is 2.00 bits per heavy atom. The highest BCUT2D eigenvalue weighted by atomic mass is 16.5. The monoisotopic (exact) mass is 188 g/mol. The van der Waals surface area contributed by atoms with Gasteiger partial charge in [0.1, 0.15) is 0 Å². The fourth-order valence-corrected chi connectivity index (χ4v) is 1.70. The van der Waals surface area contributed by atoms with Crippen LogP contribution in [0.4, 0.5) is 0 Å². The molecule has 1 nitrogen and oxygen atoms in total. The summed E-state index contributed by atoms with van der Waals surface area (Å²) in [6.45, 7) is 0.920. The second-order valence-electron chi connectivity index (χ2n) is 3.67. The maximum absolute atomic E-state index is 5.61. The summed E-state index contributed by atoms with van der Waals surface area (Å²) in [7, 11) is 0. The molecule has 0 aliphatic carbocycles. The third-order valence-electron chi connectivity index (χ3n) is 2.52. The van der Waals surface area contributed by atoms with Crippen LogP contribution in [0.1, 0.15) is 24.8 Å². The van der Waals surface area contributed by atoms with Crippen LogP contribution in [0.25, 0.3) is 6.08 Å². The molecule has 1 fully saturated rings. The van der Waals surface area contributed by atoms with E-state index in [-0.39, 0.29) is 0 Å². The quantitative estimate of drug-likeness (QED) is 0.692. The summed E-state index contributed by atoms with van der Waals surface area (Å²) in [6, 6.07) is 10.4. The molecule has 0 aromatic heterocycles. The highest BCUT2D eigenvalue weighted by Crippen LogP contribution is 2.14. The first-order valence-corrected chi connectivity index (χ1v) is 5.30. The molecule has 1 aliphatic rings. The first kappa shape index (κ1) is 9.47. The lowest BCUT2D eigenvalue weighted by Crippen LogP contribution is -2.15. The molecule has 1 aliphatic heterocycles. The Labute approximate surface area is 85.4 Å². The Morgan fingerprint density at radius 1 is 1.14 bits per heavy atom. The summed E-state index contributed by atoms with van der Waals surface area (Å²) < 4.78 is 5.61. The van der Waals surface area contributed by atoms with Crippen molar-refractivity contribution in [3.63, 3.8) is 0 Å². The highest BCUT2D eigenvalue weighted by molar-refractivity contribution is 5.49. The zero-order valence-corrected chi connectivity index (χ0v) is 8.36. The zero-order valence-electron chi connectivity index (χ0n) is 8.36. The van der Waals surface area contributed by atoms with Crippen molar-refractivity contribution in [2.45, 2.75) is 25.4 Å². The average Bonchev–Trinajstić information content (AvgIpc) is 2.29. The van der Waals surface area contributed by atoms with Crippen molar-refractivity contribution < 1.29 is 4.74 Å². The predicted octanol–water partition coefficient (Wildman–Crippen LogP) is 3.27. The number of ether oxygens (including phenoxy) is 1. The fraction of sp³-hybridized carbons (Fsp3) is 0.385. The molecule has 0 bridgehead atoms. The molecule has 0 saturated carbocycles. The molecule has 74 valence electrons. The number of hydrogen-bond donors (Lipinski definition) is 0. The van der Waals surface area contributed by atoms with E-state index in [9.17, 15) is 0 Å². The molecule has 14 heavy (non-hydrogen) atoms. The Morgan fingerprint density at radius 3 is 2.71 bits per heavy atom.